The standard InChI is InChI=1S/C14H16N2O.C12H17NO2.C10H14N2O2.C9H12INO.C9H13NO/c1-9(2)13-12(11-5-3-4-8-15-11)14(17-16-13)10-6-7-10;1-4-9(14)10-11(7(2)3)13-15-12(10)8-5-6-8;1-5(2)8-7(10(11)13)9(14-12-8)6-3-4-6;1-5(2)8-7(10)9(12-11-8)6-3-4-6;1-6(2)8-5-9(11-10-8)7-3-4-7/h3-5,8-10H,6-7H2,1-2H3;7-8H,4-6H2,1-3H3;5-6H,3-4H2,1-2H3,(H2,11,13);5-6H,3-4H2,1-2H3;5-7H,3-4H2,1-2H3. The minimum atomic E-state index is -0.420. The summed E-state index contributed by atoms with van der Waals surface area (Å²) in [4.78, 5) is 27.6. The zero-order valence-corrected chi connectivity index (χ0v) is 44.6. The molecule has 0 bridgehead atoms. The second kappa shape index (κ2) is 22.9. The van der Waals surface area contributed by atoms with E-state index in [1.165, 1.54) is 42.1 Å². The van der Waals surface area contributed by atoms with Crippen molar-refractivity contribution in [3.63, 3.8) is 0 Å². The van der Waals surface area contributed by atoms with Crippen LogP contribution in [-0.2, 0) is 0 Å². The maximum absolute atomic E-state index is 11.9. The molecule has 69 heavy (non-hydrogen) atoms. The van der Waals surface area contributed by atoms with E-state index in [-0.39, 0.29) is 17.6 Å². The van der Waals surface area contributed by atoms with Gasteiger partial charge in [0.1, 0.15) is 17.1 Å². The fourth-order valence-corrected chi connectivity index (χ4v) is 9.13. The van der Waals surface area contributed by atoms with Crippen LogP contribution in [0.15, 0.2) is 53.1 Å². The summed E-state index contributed by atoms with van der Waals surface area (Å²) in [7, 11) is 0. The zero-order chi connectivity index (χ0) is 49.7. The predicted molar refractivity (Wildman–Crippen MR) is 272 cm³/mol. The molecule has 0 aliphatic heterocycles. The van der Waals surface area contributed by atoms with Crippen molar-refractivity contribution in [3.8, 4) is 11.3 Å². The molecule has 6 aromatic heterocycles. The van der Waals surface area contributed by atoms with Crippen molar-refractivity contribution >= 4 is 34.3 Å². The van der Waals surface area contributed by atoms with Gasteiger partial charge in [0.05, 0.1) is 48.9 Å². The molecule has 0 atom stereocenters. The van der Waals surface area contributed by atoms with E-state index >= 15 is 0 Å². The van der Waals surface area contributed by atoms with E-state index < -0.39 is 5.91 Å². The lowest BCUT2D eigenvalue weighted by Gasteiger charge is -2.05. The largest absolute Gasteiger partial charge is 0.365 e. The number of nitrogens with two attached hydrogens (primary N) is 1. The van der Waals surface area contributed by atoms with Gasteiger partial charge >= 0.3 is 0 Å². The summed E-state index contributed by atoms with van der Waals surface area (Å²) in [5.41, 5.74) is 13.5. The summed E-state index contributed by atoms with van der Waals surface area (Å²) < 4.78 is 27.8. The van der Waals surface area contributed by atoms with Crippen LogP contribution < -0.4 is 5.73 Å². The summed E-state index contributed by atoms with van der Waals surface area (Å²) in [5, 5.41) is 20.3. The minimum absolute atomic E-state index is 0.168. The molecule has 0 unspecified atom stereocenters. The third-order valence-electron chi connectivity index (χ3n) is 12.8. The molecule has 6 aromatic rings. The van der Waals surface area contributed by atoms with Crippen LogP contribution in [0.5, 0.6) is 0 Å². The second-order valence-electron chi connectivity index (χ2n) is 20.8. The molecule has 15 heteroatoms. The highest BCUT2D eigenvalue weighted by atomic mass is 127. The van der Waals surface area contributed by atoms with E-state index in [1.54, 1.807) is 0 Å². The third kappa shape index (κ3) is 13.3. The van der Waals surface area contributed by atoms with Gasteiger partial charge in [-0.1, -0.05) is 108 Å². The number of ketones is 1. The molecule has 11 rings (SSSR count). The summed E-state index contributed by atoms with van der Waals surface area (Å²) in [5.74, 6) is 9.06. The quantitative estimate of drug-likeness (QED) is 0.0798. The summed E-state index contributed by atoms with van der Waals surface area (Å²) in [6.45, 7) is 22.8. The number of aromatic nitrogens is 6. The Morgan fingerprint density at radius 1 is 0.565 bits per heavy atom. The lowest BCUT2D eigenvalue weighted by atomic mass is 9.98. The lowest BCUT2D eigenvalue weighted by Crippen LogP contribution is -2.15. The molecule has 372 valence electrons. The van der Waals surface area contributed by atoms with Gasteiger partial charge in [-0.05, 0) is 123 Å². The van der Waals surface area contributed by atoms with Gasteiger partial charge in [0.2, 0.25) is 0 Å². The van der Waals surface area contributed by atoms with E-state index in [1.807, 2.05) is 59.0 Å². The summed E-state index contributed by atoms with van der Waals surface area (Å²) in [6.07, 6.45) is 14.3. The normalized spacial score (nSPS) is 16.4. The molecule has 0 radical (unpaired) electrons. The van der Waals surface area contributed by atoms with Gasteiger partial charge in [-0.3, -0.25) is 14.6 Å². The number of hydrogen-bond donors (Lipinski definition) is 1. The fourth-order valence-electron chi connectivity index (χ4n) is 7.87. The highest BCUT2D eigenvalue weighted by molar-refractivity contribution is 14.1. The zero-order valence-electron chi connectivity index (χ0n) is 42.4. The molecule has 1 amide bonds. The van der Waals surface area contributed by atoms with Crippen LogP contribution in [0.3, 0.4) is 0 Å². The Labute approximate surface area is 420 Å². The molecule has 2 N–H and O–H groups in total. The van der Waals surface area contributed by atoms with E-state index in [4.69, 9.17) is 28.3 Å². The average Bonchev–Trinajstić information content (AvgIpc) is 4.02. The van der Waals surface area contributed by atoms with Crippen molar-refractivity contribution in [2.45, 2.75) is 206 Å². The number of hydrogen-bond acceptors (Lipinski definition) is 13. The van der Waals surface area contributed by atoms with Crippen molar-refractivity contribution < 1.29 is 32.2 Å². The Morgan fingerprint density at radius 2 is 1.01 bits per heavy atom. The average molecular weight is 1060 g/mol. The second-order valence-corrected chi connectivity index (χ2v) is 21.9. The number of halogens is 1. The Morgan fingerprint density at radius 3 is 1.45 bits per heavy atom. The van der Waals surface area contributed by atoms with E-state index in [9.17, 15) is 9.59 Å². The van der Waals surface area contributed by atoms with Gasteiger partial charge in [-0.25, -0.2) is 0 Å². The molecule has 5 aliphatic carbocycles. The minimum Gasteiger partial charge on any atom is -0.365 e. The Bertz CT molecular complexity index is 2520. The molecule has 0 aromatic carbocycles. The van der Waals surface area contributed by atoms with Crippen LogP contribution in [-0.4, -0.2) is 42.5 Å². The van der Waals surface area contributed by atoms with Crippen LogP contribution in [0.2, 0.25) is 0 Å². The number of primary amides is 1. The van der Waals surface area contributed by atoms with Crippen LogP contribution in [0.4, 0.5) is 0 Å². The van der Waals surface area contributed by atoms with Gasteiger partial charge in [0.15, 0.2) is 23.1 Å². The van der Waals surface area contributed by atoms with Crippen molar-refractivity contribution in [1.29, 1.82) is 0 Å². The highest BCUT2D eigenvalue weighted by Gasteiger charge is 2.37. The Hall–Kier alpha value is -4.93. The molecular weight excluding hydrogens is 986 g/mol. The van der Waals surface area contributed by atoms with Gasteiger partial charge in [-0.2, -0.15) is 0 Å². The lowest BCUT2D eigenvalue weighted by molar-refractivity contribution is 0.0981. The molecule has 0 saturated heterocycles. The Kier molecular flexibility index (Phi) is 17.2. The molecule has 0 spiro atoms. The number of nitrogens with zero attached hydrogens (tertiary/aromatic N) is 6. The summed E-state index contributed by atoms with van der Waals surface area (Å²) >= 11 is 2.35. The first-order valence-corrected chi connectivity index (χ1v) is 26.4. The van der Waals surface area contributed by atoms with Crippen molar-refractivity contribution in [2.24, 2.45) is 5.73 Å². The first-order valence-electron chi connectivity index (χ1n) is 25.3. The number of pyridine rings is 1. The van der Waals surface area contributed by atoms with E-state index in [0.717, 1.165) is 88.3 Å². The molecule has 5 fully saturated rings. The highest BCUT2D eigenvalue weighted by Crippen LogP contribution is 2.48. The number of carbonyl (C=O) groups excluding carboxylic acids is 2. The monoisotopic (exact) mass is 1060 g/mol. The predicted octanol–water partition coefficient (Wildman–Crippen LogP) is 14.7. The first-order chi connectivity index (χ1) is 33.0. The van der Waals surface area contributed by atoms with E-state index in [2.05, 4.69) is 101 Å². The topological polar surface area (TPSA) is 203 Å². The van der Waals surface area contributed by atoms with Crippen molar-refractivity contribution in [1.82, 2.24) is 30.8 Å². The number of rotatable bonds is 14. The van der Waals surface area contributed by atoms with Crippen molar-refractivity contribution in [3.05, 3.63) is 102 Å². The Balaban J connectivity index is 0.000000128. The van der Waals surface area contributed by atoms with Crippen LogP contribution in [0.1, 0.15) is 284 Å². The maximum Gasteiger partial charge on any atom is 0.254 e. The first kappa shape index (κ1) is 51.9. The molecule has 5 saturated carbocycles. The van der Waals surface area contributed by atoms with Crippen LogP contribution >= 0.6 is 22.6 Å². The molecule has 5 aliphatic rings. The smallest absolute Gasteiger partial charge is 0.254 e. The van der Waals surface area contributed by atoms with Crippen molar-refractivity contribution in [2.75, 3.05) is 0 Å². The molecule has 14 nitrogen and oxygen atoms in total. The van der Waals surface area contributed by atoms with Gasteiger partial charge in [-0.15, -0.1) is 0 Å². The van der Waals surface area contributed by atoms with Crippen LogP contribution in [0, 0.1) is 3.57 Å². The number of Topliss-reactive ketones (excluding diaryl/α,β-unsaturated/α-hetero) is 1. The SMILES string of the molecule is CC(C)c1cc(C2CC2)on1.CC(C)c1noc(C2CC2)c1-c1ccccn1.CC(C)c1noc(C2CC2)c1C(N)=O.CC(C)c1noc(C2CC2)c1I.CCC(=O)c1c(C(C)C)noc1C1CC1. The van der Waals surface area contributed by atoms with Gasteiger partial charge in [0, 0.05) is 54.2 Å². The molecule has 6 heterocycles. The maximum atomic E-state index is 11.9. The number of carbonyl (C=O) groups is 2. The van der Waals surface area contributed by atoms with Gasteiger partial charge in [0.25, 0.3) is 5.91 Å². The third-order valence-corrected chi connectivity index (χ3v) is 13.9. The summed E-state index contributed by atoms with van der Waals surface area (Å²) in [6, 6.07) is 8.08. The van der Waals surface area contributed by atoms with E-state index in [0.29, 0.717) is 70.8 Å². The van der Waals surface area contributed by atoms with Crippen LogP contribution in [0.25, 0.3) is 11.3 Å². The number of amides is 1. The van der Waals surface area contributed by atoms with Gasteiger partial charge < -0.3 is 28.3 Å². The molecular formula is C54H72IN7O7. The fraction of sp³-hybridized carbons (Fsp3) is 0.593.